The molecule has 3 heteroatoms. The average molecular weight is 242 g/mol. The number of nitrogens with one attached hydrogen (secondary N) is 1. The van der Waals surface area contributed by atoms with Gasteiger partial charge in [-0.1, -0.05) is 23.7 Å². The van der Waals surface area contributed by atoms with E-state index in [1.165, 1.54) is 5.56 Å². The van der Waals surface area contributed by atoms with E-state index >= 15 is 0 Å². The molecule has 0 radical (unpaired) electrons. The Morgan fingerprint density at radius 3 is 2.12 bits per heavy atom. The summed E-state index contributed by atoms with van der Waals surface area (Å²) >= 11 is 5.83. The van der Waals surface area contributed by atoms with Gasteiger partial charge in [0.2, 0.25) is 0 Å². The van der Waals surface area contributed by atoms with E-state index in [1.54, 1.807) is 13.8 Å². The third kappa shape index (κ3) is 3.78. The number of benzene rings is 1. The largest absolute Gasteiger partial charge is 0.389 e. The second kappa shape index (κ2) is 5.17. The molecule has 0 aliphatic heterocycles. The van der Waals surface area contributed by atoms with Crippen LogP contribution in [0.1, 0.15) is 39.3 Å². The minimum Gasteiger partial charge on any atom is -0.389 e. The molecule has 0 amide bonds. The van der Waals surface area contributed by atoms with Gasteiger partial charge in [0.05, 0.1) is 5.60 Å². The van der Waals surface area contributed by atoms with Crippen LogP contribution in [-0.4, -0.2) is 16.7 Å². The Balaban J connectivity index is 2.65. The molecule has 0 spiro atoms. The molecule has 0 saturated heterocycles. The lowest BCUT2D eigenvalue weighted by Crippen LogP contribution is -2.45. The van der Waals surface area contributed by atoms with Crippen molar-refractivity contribution in [3.63, 3.8) is 0 Å². The van der Waals surface area contributed by atoms with Crippen molar-refractivity contribution in [3.05, 3.63) is 34.9 Å². The van der Waals surface area contributed by atoms with Gasteiger partial charge >= 0.3 is 0 Å². The summed E-state index contributed by atoms with van der Waals surface area (Å²) in [5, 5.41) is 13.9. The van der Waals surface area contributed by atoms with Crippen molar-refractivity contribution in [2.24, 2.45) is 0 Å². The molecule has 0 saturated carbocycles. The molecule has 0 bridgehead atoms. The molecule has 0 aliphatic carbocycles. The molecule has 1 aromatic carbocycles. The zero-order chi connectivity index (χ0) is 12.3. The van der Waals surface area contributed by atoms with Crippen molar-refractivity contribution in [1.82, 2.24) is 5.32 Å². The van der Waals surface area contributed by atoms with E-state index in [4.69, 9.17) is 11.6 Å². The van der Waals surface area contributed by atoms with Crippen LogP contribution >= 0.6 is 11.6 Å². The standard InChI is InChI=1S/C13H20ClNO/c1-9(15-10(2)13(3,4)16)11-5-7-12(14)8-6-11/h5-10,15-16H,1-4H3/t9-,10?/m0/s1. The molecular weight excluding hydrogens is 222 g/mol. The lowest BCUT2D eigenvalue weighted by molar-refractivity contribution is 0.0405. The Hall–Kier alpha value is -0.570. The highest BCUT2D eigenvalue weighted by Gasteiger charge is 2.23. The van der Waals surface area contributed by atoms with Crippen LogP contribution in [0.2, 0.25) is 5.02 Å². The fourth-order valence-corrected chi connectivity index (χ4v) is 1.55. The zero-order valence-corrected chi connectivity index (χ0v) is 11.0. The third-order valence-corrected chi connectivity index (χ3v) is 3.18. The summed E-state index contributed by atoms with van der Waals surface area (Å²) in [6, 6.07) is 7.97. The van der Waals surface area contributed by atoms with Crippen LogP contribution in [0.15, 0.2) is 24.3 Å². The number of aliphatic hydroxyl groups is 1. The molecule has 0 aliphatic rings. The minimum absolute atomic E-state index is 0.0261. The van der Waals surface area contributed by atoms with E-state index in [9.17, 15) is 5.11 Å². The summed E-state index contributed by atoms with van der Waals surface area (Å²) in [4.78, 5) is 0. The van der Waals surface area contributed by atoms with Crippen molar-refractivity contribution in [2.45, 2.75) is 45.4 Å². The van der Waals surface area contributed by atoms with Crippen molar-refractivity contribution in [3.8, 4) is 0 Å². The van der Waals surface area contributed by atoms with Crippen LogP contribution in [0.25, 0.3) is 0 Å². The molecule has 1 rings (SSSR count). The first-order valence-electron chi connectivity index (χ1n) is 5.54. The number of hydrogen-bond donors (Lipinski definition) is 2. The lowest BCUT2D eigenvalue weighted by atomic mass is 9.98. The first-order valence-corrected chi connectivity index (χ1v) is 5.92. The van der Waals surface area contributed by atoms with Crippen LogP contribution in [0, 0.1) is 0 Å². The molecule has 1 unspecified atom stereocenters. The van der Waals surface area contributed by atoms with Gasteiger partial charge in [0.15, 0.2) is 0 Å². The van der Waals surface area contributed by atoms with Crippen LogP contribution in [0.3, 0.4) is 0 Å². The first kappa shape index (κ1) is 13.5. The Labute approximate surface area is 103 Å². The molecule has 2 N–H and O–H groups in total. The van der Waals surface area contributed by atoms with Gasteiger partial charge in [0, 0.05) is 17.1 Å². The highest BCUT2D eigenvalue weighted by atomic mass is 35.5. The van der Waals surface area contributed by atoms with Crippen molar-refractivity contribution < 1.29 is 5.11 Å². The van der Waals surface area contributed by atoms with E-state index in [0.717, 1.165) is 5.02 Å². The summed E-state index contributed by atoms with van der Waals surface area (Å²) in [7, 11) is 0. The highest BCUT2D eigenvalue weighted by Crippen LogP contribution is 2.18. The maximum Gasteiger partial charge on any atom is 0.0741 e. The van der Waals surface area contributed by atoms with E-state index in [0.29, 0.717) is 0 Å². The number of rotatable bonds is 4. The summed E-state index contributed by atoms with van der Waals surface area (Å²) in [6.45, 7) is 7.66. The summed E-state index contributed by atoms with van der Waals surface area (Å²) in [5.41, 5.74) is 0.446. The second-order valence-electron chi connectivity index (χ2n) is 4.82. The van der Waals surface area contributed by atoms with E-state index in [-0.39, 0.29) is 12.1 Å². The maximum atomic E-state index is 9.84. The van der Waals surface area contributed by atoms with Crippen molar-refractivity contribution in [2.75, 3.05) is 0 Å². The molecular formula is C13H20ClNO. The average Bonchev–Trinajstić information content (AvgIpc) is 2.17. The fraction of sp³-hybridized carbons (Fsp3) is 0.538. The third-order valence-electron chi connectivity index (χ3n) is 2.93. The van der Waals surface area contributed by atoms with E-state index in [1.807, 2.05) is 31.2 Å². The topological polar surface area (TPSA) is 32.3 Å². The molecule has 16 heavy (non-hydrogen) atoms. The van der Waals surface area contributed by atoms with Crippen LogP contribution in [0.5, 0.6) is 0 Å². The summed E-state index contributed by atoms with van der Waals surface area (Å²) < 4.78 is 0. The number of hydrogen-bond acceptors (Lipinski definition) is 2. The molecule has 2 atom stereocenters. The van der Waals surface area contributed by atoms with Gasteiger partial charge < -0.3 is 10.4 Å². The predicted octanol–water partition coefficient (Wildman–Crippen LogP) is 3.15. The quantitative estimate of drug-likeness (QED) is 0.849. The van der Waals surface area contributed by atoms with Crippen LogP contribution < -0.4 is 5.32 Å². The SMILES string of the molecule is CC(N[C@@H](C)c1ccc(Cl)cc1)C(C)(C)O. The van der Waals surface area contributed by atoms with Gasteiger partial charge in [-0.15, -0.1) is 0 Å². The van der Waals surface area contributed by atoms with E-state index < -0.39 is 5.60 Å². The Kier molecular flexibility index (Phi) is 4.36. The predicted molar refractivity (Wildman–Crippen MR) is 68.8 cm³/mol. The van der Waals surface area contributed by atoms with Gasteiger partial charge in [-0.05, 0) is 45.4 Å². The van der Waals surface area contributed by atoms with Gasteiger partial charge in [-0.2, -0.15) is 0 Å². The second-order valence-corrected chi connectivity index (χ2v) is 5.25. The van der Waals surface area contributed by atoms with Crippen LogP contribution in [-0.2, 0) is 0 Å². The molecule has 90 valence electrons. The monoisotopic (exact) mass is 241 g/mol. The minimum atomic E-state index is -0.722. The molecule has 0 heterocycles. The highest BCUT2D eigenvalue weighted by molar-refractivity contribution is 6.30. The lowest BCUT2D eigenvalue weighted by Gasteiger charge is -2.30. The van der Waals surface area contributed by atoms with Crippen LogP contribution in [0.4, 0.5) is 0 Å². The maximum absolute atomic E-state index is 9.84. The van der Waals surface area contributed by atoms with Crippen molar-refractivity contribution in [1.29, 1.82) is 0 Å². The Morgan fingerprint density at radius 2 is 1.69 bits per heavy atom. The summed E-state index contributed by atoms with van der Waals surface area (Å²) in [6.07, 6.45) is 0. The Morgan fingerprint density at radius 1 is 1.19 bits per heavy atom. The fourth-order valence-electron chi connectivity index (χ4n) is 1.43. The van der Waals surface area contributed by atoms with Gasteiger partial charge in [0.25, 0.3) is 0 Å². The molecule has 0 aromatic heterocycles. The van der Waals surface area contributed by atoms with E-state index in [2.05, 4.69) is 12.2 Å². The number of halogens is 1. The smallest absolute Gasteiger partial charge is 0.0741 e. The van der Waals surface area contributed by atoms with Crippen molar-refractivity contribution >= 4 is 11.6 Å². The normalized spacial score (nSPS) is 15.9. The molecule has 1 aromatic rings. The Bertz CT molecular complexity index is 329. The van der Waals surface area contributed by atoms with Gasteiger partial charge in [-0.3, -0.25) is 0 Å². The molecule has 0 fully saturated rings. The van der Waals surface area contributed by atoms with Gasteiger partial charge in [-0.25, -0.2) is 0 Å². The zero-order valence-electron chi connectivity index (χ0n) is 10.3. The first-order chi connectivity index (χ1) is 7.30. The summed E-state index contributed by atoms with van der Waals surface area (Å²) in [5.74, 6) is 0. The molecule has 2 nitrogen and oxygen atoms in total. The van der Waals surface area contributed by atoms with Gasteiger partial charge in [0.1, 0.15) is 0 Å².